The van der Waals surface area contributed by atoms with Crippen molar-refractivity contribution in [3.05, 3.63) is 29.6 Å². The fraction of sp³-hybridized carbons (Fsp3) is 0.333. The van der Waals surface area contributed by atoms with Crippen LogP contribution in [0.5, 0.6) is 0 Å². The normalized spacial score (nSPS) is 8.93. The van der Waals surface area contributed by atoms with Gasteiger partial charge < -0.3 is 4.74 Å². The predicted molar refractivity (Wildman–Crippen MR) is 57.1 cm³/mol. The molecule has 0 fully saturated rings. The van der Waals surface area contributed by atoms with Gasteiger partial charge in [0.1, 0.15) is 12.1 Å². The number of aromatic nitrogens is 1. The Kier molecular flexibility index (Phi) is 4.36. The molecule has 0 N–H and O–H groups in total. The van der Waals surface area contributed by atoms with Crippen molar-refractivity contribution >= 4 is 5.97 Å². The van der Waals surface area contributed by atoms with Crippen molar-refractivity contribution in [1.82, 2.24) is 4.98 Å². The number of rotatable bonds is 2. The maximum atomic E-state index is 10.9. The third kappa shape index (κ3) is 4.28. The SMILES string of the molecule is CCOC(=O)CC#Cc1ccc(C)cn1. The number of aryl methyl sites for hydroxylation is 1. The molecule has 0 aliphatic carbocycles. The summed E-state index contributed by atoms with van der Waals surface area (Å²) in [5, 5.41) is 0. The molecule has 0 amide bonds. The van der Waals surface area contributed by atoms with E-state index in [1.165, 1.54) is 0 Å². The molecule has 0 aromatic carbocycles. The second kappa shape index (κ2) is 5.82. The van der Waals surface area contributed by atoms with Gasteiger partial charge >= 0.3 is 5.97 Å². The summed E-state index contributed by atoms with van der Waals surface area (Å²) in [6, 6.07) is 3.76. The lowest BCUT2D eigenvalue weighted by atomic mass is 10.3. The van der Waals surface area contributed by atoms with Crippen LogP contribution >= 0.6 is 0 Å². The quantitative estimate of drug-likeness (QED) is 0.542. The van der Waals surface area contributed by atoms with Crippen molar-refractivity contribution < 1.29 is 9.53 Å². The monoisotopic (exact) mass is 203 g/mol. The molecule has 3 nitrogen and oxygen atoms in total. The number of nitrogens with zero attached hydrogens (tertiary/aromatic N) is 1. The highest BCUT2D eigenvalue weighted by Crippen LogP contribution is 1.96. The number of pyridine rings is 1. The van der Waals surface area contributed by atoms with Crippen LogP contribution in [0.25, 0.3) is 0 Å². The molecule has 1 heterocycles. The van der Waals surface area contributed by atoms with Crippen LogP contribution in [0.2, 0.25) is 0 Å². The fourth-order valence-corrected chi connectivity index (χ4v) is 0.961. The van der Waals surface area contributed by atoms with E-state index in [4.69, 9.17) is 4.74 Å². The standard InChI is InChI=1S/C12H13NO2/c1-3-15-12(14)6-4-5-11-8-7-10(2)9-13-11/h7-9H,3,6H2,1-2H3. The van der Waals surface area contributed by atoms with E-state index in [1.807, 2.05) is 19.1 Å². The highest BCUT2D eigenvalue weighted by molar-refractivity contribution is 5.72. The molecule has 0 aliphatic rings. The van der Waals surface area contributed by atoms with Crippen LogP contribution in [0.1, 0.15) is 24.6 Å². The molecule has 0 bridgehead atoms. The lowest BCUT2D eigenvalue weighted by molar-refractivity contribution is -0.141. The highest BCUT2D eigenvalue weighted by Gasteiger charge is 1.96. The molecule has 1 aromatic rings. The molecule has 1 rings (SSSR count). The highest BCUT2D eigenvalue weighted by atomic mass is 16.5. The third-order valence-electron chi connectivity index (χ3n) is 1.67. The van der Waals surface area contributed by atoms with Crippen LogP contribution in [0.15, 0.2) is 18.3 Å². The molecular formula is C12H13NO2. The first-order valence-corrected chi connectivity index (χ1v) is 4.79. The summed E-state index contributed by atoms with van der Waals surface area (Å²) in [4.78, 5) is 15.0. The van der Waals surface area contributed by atoms with Gasteiger partial charge in [0.2, 0.25) is 0 Å². The average Bonchev–Trinajstić information content (AvgIpc) is 2.21. The summed E-state index contributed by atoms with van der Waals surface area (Å²) in [5.74, 6) is 5.22. The number of esters is 1. The van der Waals surface area contributed by atoms with Crippen molar-refractivity contribution in [3.8, 4) is 11.8 Å². The van der Waals surface area contributed by atoms with Crippen LogP contribution < -0.4 is 0 Å². The van der Waals surface area contributed by atoms with Crippen LogP contribution in [-0.4, -0.2) is 17.6 Å². The Morgan fingerprint density at radius 2 is 2.33 bits per heavy atom. The Balaban J connectivity index is 2.51. The molecular weight excluding hydrogens is 190 g/mol. The Morgan fingerprint density at radius 3 is 2.93 bits per heavy atom. The van der Waals surface area contributed by atoms with Gasteiger partial charge in [0.05, 0.1) is 6.61 Å². The second-order valence-electron chi connectivity index (χ2n) is 3.00. The average molecular weight is 203 g/mol. The van der Waals surface area contributed by atoms with Crippen LogP contribution in [0.3, 0.4) is 0 Å². The van der Waals surface area contributed by atoms with Crippen molar-refractivity contribution in [1.29, 1.82) is 0 Å². The molecule has 15 heavy (non-hydrogen) atoms. The maximum Gasteiger partial charge on any atom is 0.317 e. The number of carbonyl (C=O) groups excluding carboxylic acids is 1. The number of ether oxygens (including phenoxy) is 1. The first-order valence-electron chi connectivity index (χ1n) is 4.79. The minimum absolute atomic E-state index is 0.114. The lowest BCUT2D eigenvalue weighted by Crippen LogP contribution is -2.01. The van der Waals surface area contributed by atoms with Crippen LogP contribution in [0, 0.1) is 18.8 Å². The van der Waals surface area contributed by atoms with Gasteiger partial charge in [0.15, 0.2) is 0 Å². The Labute approximate surface area is 89.5 Å². The van der Waals surface area contributed by atoms with E-state index in [-0.39, 0.29) is 12.4 Å². The Morgan fingerprint density at radius 1 is 1.53 bits per heavy atom. The van der Waals surface area contributed by atoms with Gasteiger partial charge in [-0.2, -0.15) is 0 Å². The van der Waals surface area contributed by atoms with E-state index < -0.39 is 0 Å². The molecule has 0 spiro atoms. The maximum absolute atomic E-state index is 10.9. The minimum atomic E-state index is -0.294. The topological polar surface area (TPSA) is 39.2 Å². The van der Waals surface area contributed by atoms with E-state index in [0.717, 1.165) is 5.56 Å². The van der Waals surface area contributed by atoms with Gasteiger partial charge in [-0.05, 0) is 31.4 Å². The van der Waals surface area contributed by atoms with Crippen LogP contribution in [0.4, 0.5) is 0 Å². The first-order chi connectivity index (χ1) is 7.22. The van der Waals surface area contributed by atoms with Gasteiger partial charge in [0, 0.05) is 6.20 Å². The molecule has 1 aromatic heterocycles. The second-order valence-corrected chi connectivity index (χ2v) is 3.00. The minimum Gasteiger partial charge on any atom is -0.465 e. The largest absolute Gasteiger partial charge is 0.465 e. The van der Waals surface area contributed by atoms with Gasteiger partial charge in [-0.3, -0.25) is 4.79 Å². The molecule has 0 saturated carbocycles. The first kappa shape index (κ1) is 11.3. The van der Waals surface area contributed by atoms with Crippen LogP contribution in [-0.2, 0) is 9.53 Å². The Hall–Kier alpha value is -1.82. The van der Waals surface area contributed by atoms with E-state index >= 15 is 0 Å². The zero-order valence-electron chi connectivity index (χ0n) is 8.91. The molecule has 3 heteroatoms. The van der Waals surface area contributed by atoms with Crippen molar-refractivity contribution in [3.63, 3.8) is 0 Å². The summed E-state index contributed by atoms with van der Waals surface area (Å²) in [6.07, 6.45) is 1.86. The van der Waals surface area contributed by atoms with Crippen molar-refractivity contribution in [2.45, 2.75) is 20.3 Å². The van der Waals surface area contributed by atoms with Gasteiger partial charge in [-0.15, -0.1) is 0 Å². The molecule has 0 aliphatic heterocycles. The Bertz CT molecular complexity index is 384. The number of hydrogen-bond acceptors (Lipinski definition) is 3. The van der Waals surface area contributed by atoms with Gasteiger partial charge in [-0.25, -0.2) is 4.98 Å². The zero-order valence-corrected chi connectivity index (χ0v) is 8.91. The number of carbonyl (C=O) groups is 1. The fourth-order valence-electron chi connectivity index (χ4n) is 0.961. The summed E-state index contributed by atoms with van der Waals surface area (Å²) in [6.45, 7) is 4.12. The third-order valence-corrected chi connectivity index (χ3v) is 1.67. The van der Waals surface area contributed by atoms with E-state index in [9.17, 15) is 4.79 Å². The smallest absolute Gasteiger partial charge is 0.317 e. The predicted octanol–water partition coefficient (Wildman–Crippen LogP) is 1.69. The van der Waals surface area contributed by atoms with E-state index in [2.05, 4.69) is 16.8 Å². The molecule has 0 unspecified atom stereocenters. The van der Waals surface area contributed by atoms with E-state index in [1.54, 1.807) is 13.1 Å². The zero-order chi connectivity index (χ0) is 11.1. The van der Waals surface area contributed by atoms with E-state index in [0.29, 0.717) is 12.3 Å². The van der Waals surface area contributed by atoms with Gasteiger partial charge in [-0.1, -0.05) is 12.0 Å². The summed E-state index contributed by atoms with van der Waals surface area (Å²) < 4.78 is 4.74. The number of hydrogen-bond donors (Lipinski definition) is 0. The molecule has 0 saturated heterocycles. The van der Waals surface area contributed by atoms with Crippen molar-refractivity contribution in [2.24, 2.45) is 0 Å². The summed E-state index contributed by atoms with van der Waals surface area (Å²) >= 11 is 0. The van der Waals surface area contributed by atoms with Gasteiger partial charge in [0.25, 0.3) is 0 Å². The molecule has 78 valence electrons. The summed E-state index contributed by atoms with van der Waals surface area (Å²) in [5.41, 5.74) is 1.76. The summed E-state index contributed by atoms with van der Waals surface area (Å²) in [7, 11) is 0. The van der Waals surface area contributed by atoms with Crippen molar-refractivity contribution in [2.75, 3.05) is 6.61 Å². The molecule has 0 radical (unpaired) electrons. The lowest BCUT2D eigenvalue weighted by Gasteiger charge is -1.94. The molecule has 0 atom stereocenters.